The Morgan fingerprint density at radius 3 is 2.19 bits per heavy atom. The highest BCUT2D eigenvalue weighted by molar-refractivity contribution is 9.10. The van der Waals surface area contributed by atoms with Gasteiger partial charge < -0.3 is 10.2 Å². The summed E-state index contributed by atoms with van der Waals surface area (Å²) in [6.07, 6.45) is 0. The Kier molecular flexibility index (Phi) is 10.1. The largest absolute Gasteiger partial charge is 0.354 e. The smallest absolute Gasteiger partial charge is 0.242 e. The van der Waals surface area contributed by atoms with E-state index in [-0.39, 0.29) is 11.8 Å². The minimum atomic E-state index is -0.531. The normalized spacial score (nSPS) is 12.0. The van der Waals surface area contributed by atoms with Crippen molar-refractivity contribution in [2.24, 2.45) is 5.92 Å². The van der Waals surface area contributed by atoms with E-state index in [1.165, 1.54) is 16.7 Å². The second-order valence-electron chi connectivity index (χ2n) is 8.45. The minimum Gasteiger partial charge on any atom is -0.354 e. The molecule has 0 radical (unpaired) electrons. The summed E-state index contributed by atoms with van der Waals surface area (Å²) in [6.45, 7) is 11.1. The molecule has 1 atom stereocenters. The van der Waals surface area contributed by atoms with Crippen LogP contribution < -0.4 is 5.32 Å². The second-order valence-corrected chi connectivity index (χ2v) is 10.4. The summed E-state index contributed by atoms with van der Waals surface area (Å²) < 4.78 is 0.987. The van der Waals surface area contributed by atoms with Gasteiger partial charge in [0.15, 0.2) is 0 Å². The lowest BCUT2D eigenvalue weighted by molar-refractivity contribution is -0.138. The van der Waals surface area contributed by atoms with E-state index in [1.54, 1.807) is 23.6 Å². The average Bonchev–Trinajstić information content (AvgIpc) is 2.70. The molecule has 6 heteroatoms. The zero-order chi connectivity index (χ0) is 23.0. The van der Waals surface area contributed by atoms with Gasteiger partial charge in [0.25, 0.3) is 0 Å². The Morgan fingerprint density at radius 2 is 1.61 bits per heavy atom. The molecule has 31 heavy (non-hydrogen) atoms. The van der Waals surface area contributed by atoms with Gasteiger partial charge in [-0.2, -0.15) is 0 Å². The van der Waals surface area contributed by atoms with E-state index < -0.39 is 6.04 Å². The maximum absolute atomic E-state index is 13.1. The molecule has 0 saturated heterocycles. The number of carbonyl (C=O) groups excluding carboxylic acids is 2. The lowest BCUT2D eigenvalue weighted by Gasteiger charge is -2.29. The summed E-state index contributed by atoms with van der Waals surface area (Å²) in [5.74, 6) is 1.34. The molecule has 0 saturated carbocycles. The van der Waals surface area contributed by atoms with Gasteiger partial charge in [0, 0.05) is 23.3 Å². The number of amides is 2. The Morgan fingerprint density at radius 1 is 1.00 bits per heavy atom. The molecular formula is C25H33BrN2O2S. The first-order valence-electron chi connectivity index (χ1n) is 10.6. The molecule has 0 aliphatic rings. The van der Waals surface area contributed by atoms with Crippen molar-refractivity contribution in [3.05, 3.63) is 69.2 Å². The number of hydrogen-bond acceptors (Lipinski definition) is 3. The van der Waals surface area contributed by atoms with Crippen LogP contribution >= 0.6 is 27.7 Å². The Balaban J connectivity index is 2.06. The van der Waals surface area contributed by atoms with Gasteiger partial charge in [0.05, 0.1) is 5.75 Å². The number of rotatable bonds is 10. The monoisotopic (exact) mass is 504 g/mol. The first kappa shape index (κ1) is 25.5. The quantitative estimate of drug-likeness (QED) is 0.465. The lowest BCUT2D eigenvalue weighted by atomic mass is 10.1. The average molecular weight is 506 g/mol. The second kappa shape index (κ2) is 12.3. The van der Waals surface area contributed by atoms with Gasteiger partial charge in [-0.15, -0.1) is 11.8 Å². The van der Waals surface area contributed by atoms with Crippen LogP contribution in [-0.4, -0.2) is 35.1 Å². The molecule has 0 fully saturated rings. The Bertz CT molecular complexity index is 863. The van der Waals surface area contributed by atoms with Crippen LogP contribution in [0.5, 0.6) is 0 Å². The van der Waals surface area contributed by atoms with Crippen molar-refractivity contribution < 1.29 is 9.59 Å². The fourth-order valence-electron chi connectivity index (χ4n) is 3.31. The SMILES string of the molecule is Cc1cc(C)cc(CSCC(=O)N(Cc2ccc(Br)cc2)C(C)C(=O)NCC(C)C)c1. The molecule has 0 aliphatic heterocycles. The maximum Gasteiger partial charge on any atom is 0.242 e. The third kappa shape index (κ3) is 8.69. The number of thioether (sulfide) groups is 1. The molecule has 2 aromatic carbocycles. The van der Waals surface area contributed by atoms with E-state index in [1.807, 2.05) is 24.3 Å². The van der Waals surface area contributed by atoms with Crippen molar-refractivity contribution in [3.63, 3.8) is 0 Å². The molecule has 0 bridgehead atoms. The van der Waals surface area contributed by atoms with Gasteiger partial charge in [0.2, 0.25) is 11.8 Å². The summed E-state index contributed by atoms with van der Waals surface area (Å²) in [6, 6.07) is 13.8. The molecule has 0 aromatic heterocycles. The van der Waals surface area contributed by atoms with Crippen molar-refractivity contribution in [1.29, 1.82) is 0 Å². The van der Waals surface area contributed by atoms with Gasteiger partial charge >= 0.3 is 0 Å². The third-order valence-electron chi connectivity index (χ3n) is 4.89. The molecule has 2 rings (SSSR count). The van der Waals surface area contributed by atoms with E-state index in [0.717, 1.165) is 15.8 Å². The molecule has 0 aliphatic carbocycles. The number of nitrogens with zero attached hydrogens (tertiary/aromatic N) is 1. The standard InChI is InChI=1S/C25H33BrN2O2S/c1-17(2)13-27-25(30)20(5)28(14-21-6-8-23(26)9-7-21)24(29)16-31-15-22-11-18(3)10-19(4)12-22/h6-12,17,20H,13-16H2,1-5H3,(H,27,30). The maximum atomic E-state index is 13.1. The fraction of sp³-hybridized carbons (Fsp3) is 0.440. The third-order valence-corrected chi connectivity index (χ3v) is 6.41. The highest BCUT2D eigenvalue weighted by atomic mass is 79.9. The highest BCUT2D eigenvalue weighted by Crippen LogP contribution is 2.19. The van der Waals surface area contributed by atoms with Crippen molar-refractivity contribution in [2.45, 2.75) is 53.0 Å². The van der Waals surface area contributed by atoms with Crippen molar-refractivity contribution in [2.75, 3.05) is 12.3 Å². The Hall–Kier alpha value is -1.79. The summed E-state index contributed by atoms with van der Waals surface area (Å²) in [5.41, 5.74) is 4.68. The molecular weight excluding hydrogens is 472 g/mol. The number of aryl methyl sites for hydroxylation is 2. The van der Waals surface area contributed by atoms with Gasteiger partial charge in [-0.25, -0.2) is 0 Å². The van der Waals surface area contributed by atoms with Crippen LogP contribution in [0.25, 0.3) is 0 Å². The van der Waals surface area contributed by atoms with Gasteiger partial charge in [-0.1, -0.05) is 71.2 Å². The van der Waals surface area contributed by atoms with Crippen LogP contribution in [0.4, 0.5) is 0 Å². The van der Waals surface area contributed by atoms with E-state index in [2.05, 4.69) is 67.1 Å². The van der Waals surface area contributed by atoms with Crippen molar-refractivity contribution >= 4 is 39.5 Å². The predicted molar refractivity (Wildman–Crippen MR) is 134 cm³/mol. The van der Waals surface area contributed by atoms with Crippen molar-refractivity contribution in [1.82, 2.24) is 10.2 Å². The zero-order valence-corrected chi connectivity index (χ0v) is 21.5. The van der Waals surface area contributed by atoms with Crippen LogP contribution in [0.3, 0.4) is 0 Å². The number of nitrogens with one attached hydrogen (secondary N) is 1. The van der Waals surface area contributed by atoms with Gasteiger partial charge in [0.1, 0.15) is 6.04 Å². The van der Waals surface area contributed by atoms with E-state index in [4.69, 9.17) is 0 Å². The molecule has 1 N–H and O–H groups in total. The number of benzene rings is 2. The molecule has 2 amide bonds. The van der Waals surface area contributed by atoms with Gasteiger partial charge in [-0.3, -0.25) is 9.59 Å². The van der Waals surface area contributed by atoms with Crippen LogP contribution in [0.1, 0.15) is 43.0 Å². The summed E-state index contributed by atoms with van der Waals surface area (Å²) in [4.78, 5) is 27.5. The van der Waals surface area contributed by atoms with E-state index in [0.29, 0.717) is 24.8 Å². The molecule has 1 unspecified atom stereocenters. The zero-order valence-electron chi connectivity index (χ0n) is 19.1. The molecule has 0 heterocycles. The topological polar surface area (TPSA) is 49.4 Å². The molecule has 4 nitrogen and oxygen atoms in total. The van der Waals surface area contributed by atoms with Crippen LogP contribution in [0, 0.1) is 19.8 Å². The summed E-state index contributed by atoms with van der Waals surface area (Å²) >= 11 is 5.04. The fourth-order valence-corrected chi connectivity index (χ4v) is 4.42. The van der Waals surface area contributed by atoms with Crippen LogP contribution in [0.15, 0.2) is 46.9 Å². The predicted octanol–water partition coefficient (Wildman–Crippen LogP) is 5.49. The van der Waals surface area contributed by atoms with Gasteiger partial charge in [-0.05, 0) is 49.9 Å². The van der Waals surface area contributed by atoms with Crippen LogP contribution in [0.2, 0.25) is 0 Å². The Labute approximate surface area is 199 Å². The summed E-state index contributed by atoms with van der Waals surface area (Å²) in [5, 5.41) is 2.96. The first-order chi connectivity index (χ1) is 14.7. The minimum absolute atomic E-state index is 0.0236. The van der Waals surface area contributed by atoms with E-state index in [9.17, 15) is 9.59 Å². The summed E-state index contributed by atoms with van der Waals surface area (Å²) in [7, 11) is 0. The lowest BCUT2D eigenvalue weighted by Crippen LogP contribution is -2.48. The number of halogens is 1. The van der Waals surface area contributed by atoms with Crippen LogP contribution in [-0.2, 0) is 21.9 Å². The molecule has 168 valence electrons. The molecule has 2 aromatic rings. The van der Waals surface area contributed by atoms with E-state index >= 15 is 0 Å². The van der Waals surface area contributed by atoms with Crippen molar-refractivity contribution in [3.8, 4) is 0 Å². The number of carbonyl (C=O) groups is 2. The number of hydrogen-bond donors (Lipinski definition) is 1. The first-order valence-corrected chi connectivity index (χ1v) is 12.6. The highest BCUT2D eigenvalue weighted by Gasteiger charge is 2.26. The molecule has 0 spiro atoms.